The summed E-state index contributed by atoms with van der Waals surface area (Å²) in [7, 11) is 0. The predicted octanol–water partition coefficient (Wildman–Crippen LogP) is 3.50. The zero-order valence-corrected chi connectivity index (χ0v) is 11.4. The van der Waals surface area contributed by atoms with E-state index in [4.69, 9.17) is 4.74 Å². The van der Waals surface area contributed by atoms with E-state index in [-0.39, 0.29) is 0 Å². The summed E-state index contributed by atoms with van der Waals surface area (Å²) in [6.07, 6.45) is 7.83. The molecule has 1 aromatic carbocycles. The van der Waals surface area contributed by atoms with Crippen LogP contribution in [0.5, 0.6) is 0 Å². The number of nitrogens with one attached hydrogen (secondary N) is 1. The highest BCUT2D eigenvalue weighted by Crippen LogP contribution is 2.01. The van der Waals surface area contributed by atoms with Crippen molar-refractivity contribution in [3.8, 4) is 0 Å². The molecule has 0 aliphatic rings. The van der Waals surface area contributed by atoms with E-state index >= 15 is 0 Å². The van der Waals surface area contributed by atoms with Gasteiger partial charge < -0.3 is 10.1 Å². The highest BCUT2D eigenvalue weighted by Gasteiger charge is 1.89. The summed E-state index contributed by atoms with van der Waals surface area (Å²) in [6, 6.07) is 10.3. The van der Waals surface area contributed by atoms with Gasteiger partial charge in [-0.3, -0.25) is 0 Å². The molecular formula is C16H25NO. The lowest BCUT2D eigenvalue weighted by atomic mass is 10.2. The van der Waals surface area contributed by atoms with Crippen molar-refractivity contribution in [1.82, 2.24) is 5.32 Å². The van der Waals surface area contributed by atoms with Gasteiger partial charge in [-0.25, -0.2) is 0 Å². The van der Waals surface area contributed by atoms with Crippen LogP contribution in [0.4, 0.5) is 0 Å². The van der Waals surface area contributed by atoms with E-state index < -0.39 is 0 Å². The fraction of sp³-hybridized carbons (Fsp3) is 0.500. The molecule has 0 radical (unpaired) electrons. The Hall–Kier alpha value is -1.12. The second kappa shape index (κ2) is 11.0. The van der Waals surface area contributed by atoms with Gasteiger partial charge in [0.1, 0.15) is 0 Å². The number of ether oxygens (including phenoxy) is 1. The molecule has 0 saturated heterocycles. The quantitative estimate of drug-likeness (QED) is 0.639. The van der Waals surface area contributed by atoms with Gasteiger partial charge >= 0.3 is 0 Å². The summed E-state index contributed by atoms with van der Waals surface area (Å²) < 4.78 is 5.55. The highest BCUT2D eigenvalue weighted by atomic mass is 16.5. The molecule has 0 aromatic heterocycles. The van der Waals surface area contributed by atoms with Crippen LogP contribution in [0.15, 0.2) is 36.4 Å². The van der Waals surface area contributed by atoms with Gasteiger partial charge in [0.2, 0.25) is 0 Å². The lowest BCUT2D eigenvalue weighted by molar-refractivity contribution is 0.157. The molecule has 0 saturated carbocycles. The minimum Gasteiger partial charge on any atom is -0.377 e. The summed E-state index contributed by atoms with van der Waals surface area (Å²) in [5.41, 5.74) is 1.23. The molecule has 0 aliphatic heterocycles. The minimum absolute atomic E-state index is 0.710. The third-order valence-corrected chi connectivity index (χ3v) is 2.72. The molecule has 1 N–H and O–H groups in total. The number of benzene rings is 1. The Morgan fingerprint density at radius 1 is 1.11 bits per heavy atom. The largest absolute Gasteiger partial charge is 0.377 e. The Morgan fingerprint density at radius 2 is 1.94 bits per heavy atom. The first-order chi connectivity index (χ1) is 8.93. The number of hydrogen-bond donors (Lipinski definition) is 1. The Balaban J connectivity index is 1.91. The topological polar surface area (TPSA) is 21.3 Å². The molecule has 2 nitrogen and oxygen atoms in total. The first-order valence-electron chi connectivity index (χ1n) is 6.93. The first kappa shape index (κ1) is 14.9. The van der Waals surface area contributed by atoms with Gasteiger partial charge in [0.15, 0.2) is 0 Å². The Morgan fingerprint density at radius 3 is 2.72 bits per heavy atom. The van der Waals surface area contributed by atoms with Crippen molar-refractivity contribution in [2.75, 3.05) is 26.3 Å². The normalized spacial score (nSPS) is 11.2. The molecule has 0 aliphatic carbocycles. The third kappa shape index (κ3) is 8.04. The standard InChI is InChI=1S/C16H25NO/c1-2-17-13-7-4-8-14-18-15-9-12-16-10-5-3-6-11-16/h3,5-6,9-12,17H,2,4,7-8,13-15H2,1H3/b12-9+. The van der Waals surface area contributed by atoms with Gasteiger partial charge in [-0.05, 0) is 37.9 Å². The van der Waals surface area contributed by atoms with Crippen LogP contribution < -0.4 is 5.32 Å². The maximum atomic E-state index is 5.55. The van der Waals surface area contributed by atoms with Crippen LogP contribution >= 0.6 is 0 Å². The van der Waals surface area contributed by atoms with Gasteiger partial charge in [-0.2, -0.15) is 0 Å². The van der Waals surface area contributed by atoms with Gasteiger partial charge in [-0.15, -0.1) is 0 Å². The zero-order valence-electron chi connectivity index (χ0n) is 11.4. The molecule has 1 rings (SSSR count). The van der Waals surface area contributed by atoms with Crippen molar-refractivity contribution >= 4 is 6.08 Å². The first-order valence-corrected chi connectivity index (χ1v) is 6.93. The Labute approximate surface area is 111 Å². The second-order valence-corrected chi connectivity index (χ2v) is 4.30. The van der Waals surface area contributed by atoms with Crippen molar-refractivity contribution in [3.05, 3.63) is 42.0 Å². The number of unbranched alkanes of at least 4 members (excludes halogenated alkanes) is 2. The van der Waals surface area contributed by atoms with Crippen molar-refractivity contribution in [2.24, 2.45) is 0 Å². The van der Waals surface area contributed by atoms with E-state index in [0.29, 0.717) is 6.61 Å². The van der Waals surface area contributed by atoms with E-state index in [9.17, 15) is 0 Å². The zero-order chi connectivity index (χ0) is 12.9. The molecule has 0 fully saturated rings. The molecule has 0 bridgehead atoms. The van der Waals surface area contributed by atoms with Gasteiger partial charge in [-0.1, -0.05) is 49.4 Å². The molecule has 100 valence electrons. The summed E-state index contributed by atoms with van der Waals surface area (Å²) in [6.45, 7) is 5.92. The summed E-state index contributed by atoms with van der Waals surface area (Å²) >= 11 is 0. The average Bonchev–Trinajstić information content (AvgIpc) is 2.42. The van der Waals surface area contributed by atoms with Crippen molar-refractivity contribution < 1.29 is 4.74 Å². The van der Waals surface area contributed by atoms with Crippen LogP contribution in [0.2, 0.25) is 0 Å². The maximum Gasteiger partial charge on any atom is 0.0650 e. The molecule has 0 amide bonds. The van der Waals surface area contributed by atoms with Crippen LogP contribution in [0, 0.1) is 0 Å². The van der Waals surface area contributed by atoms with E-state index in [2.05, 4.69) is 36.5 Å². The lowest BCUT2D eigenvalue weighted by Crippen LogP contribution is -2.13. The van der Waals surface area contributed by atoms with Crippen LogP contribution in [-0.2, 0) is 4.74 Å². The van der Waals surface area contributed by atoms with E-state index in [0.717, 1.165) is 26.1 Å². The summed E-state index contributed by atoms with van der Waals surface area (Å²) in [5, 5.41) is 3.33. The van der Waals surface area contributed by atoms with E-state index in [1.807, 2.05) is 18.2 Å². The van der Waals surface area contributed by atoms with Crippen LogP contribution in [0.3, 0.4) is 0 Å². The minimum atomic E-state index is 0.710. The molecule has 18 heavy (non-hydrogen) atoms. The average molecular weight is 247 g/mol. The summed E-state index contributed by atoms with van der Waals surface area (Å²) in [5.74, 6) is 0. The third-order valence-electron chi connectivity index (χ3n) is 2.72. The van der Waals surface area contributed by atoms with E-state index in [1.165, 1.54) is 18.4 Å². The number of hydrogen-bond acceptors (Lipinski definition) is 2. The smallest absolute Gasteiger partial charge is 0.0650 e. The molecule has 0 atom stereocenters. The van der Waals surface area contributed by atoms with Gasteiger partial charge in [0.05, 0.1) is 6.61 Å². The molecule has 0 spiro atoms. The van der Waals surface area contributed by atoms with Crippen molar-refractivity contribution in [1.29, 1.82) is 0 Å². The van der Waals surface area contributed by atoms with Crippen LogP contribution in [-0.4, -0.2) is 26.3 Å². The van der Waals surface area contributed by atoms with Crippen LogP contribution in [0.1, 0.15) is 31.7 Å². The van der Waals surface area contributed by atoms with Gasteiger partial charge in [0.25, 0.3) is 0 Å². The fourth-order valence-corrected chi connectivity index (χ4v) is 1.71. The molecule has 0 heterocycles. The maximum absolute atomic E-state index is 5.55. The van der Waals surface area contributed by atoms with Gasteiger partial charge in [0, 0.05) is 6.61 Å². The van der Waals surface area contributed by atoms with Crippen molar-refractivity contribution in [2.45, 2.75) is 26.2 Å². The second-order valence-electron chi connectivity index (χ2n) is 4.30. The Kier molecular flexibility index (Phi) is 9.13. The molecular weight excluding hydrogens is 222 g/mol. The fourth-order valence-electron chi connectivity index (χ4n) is 1.71. The Bertz CT molecular complexity index is 308. The highest BCUT2D eigenvalue weighted by molar-refractivity contribution is 5.48. The number of rotatable bonds is 10. The lowest BCUT2D eigenvalue weighted by Gasteiger charge is -2.02. The SMILES string of the molecule is CCNCCCCCOC/C=C/c1ccccc1. The van der Waals surface area contributed by atoms with E-state index in [1.54, 1.807) is 0 Å². The molecule has 0 unspecified atom stereocenters. The summed E-state index contributed by atoms with van der Waals surface area (Å²) in [4.78, 5) is 0. The molecule has 1 aromatic rings. The molecule has 2 heteroatoms. The van der Waals surface area contributed by atoms with Crippen LogP contribution in [0.25, 0.3) is 6.08 Å². The van der Waals surface area contributed by atoms with Crippen molar-refractivity contribution in [3.63, 3.8) is 0 Å². The monoisotopic (exact) mass is 247 g/mol. The predicted molar refractivity (Wildman–Crippen MR) is 78.7 cm³/mol.